The molecule has 1 N–H and O–H groups in total. The van der Waals surface area contributed by atoms with Crippen molar-refractivity contribution in [2.75, 3.05) is 11.1 Å². The van der Waals surface area contributed by atoms with Crippen LogP contribution in [-0.4, -0.2) is 31.4 Å². The van der Waals surface area contributed by atoms with E-state index in [0.29, 0.717) is 31.2 Å². The smallest absolute Gasteiger partial charge is 0.267 e. The van der Waals surface area contributed by atoms with Crippen molar-refractivity contribution in [3.05, 3.63) is 55.1 Å². The predicted molar refractivity (Wildman–Crippen MR) is 128 cm³/mol. The SMILES string of the molecule is CCc1nnc(NC(=O)CSc2nc3sc(C)c(C)c3c(=O)n2-c2cccc(Cl)c2)s1. The van der Waals surface area contributed by atoms with E-state index in [1.54, 1.807) is 24.3 Å². The van der Waals surface area contributed by atoms with Gasteiger partial charge in [0.1, 0.15) is 9.84 Å². The Morgan fingerprint density at radius 1 is 1.26 bits per heavy atom. The highest BCUT2D eigenvalue weighted by Gasteiger charge is 2.19. The summed E-state index contributed by atoms with van der Waals surface area (Å²) in [6, 6.07) is 7.03. The fourth-order valence-electron chi connectivity index (χ4n) is 2.95. The molecule has 4 rings (SSSR count). The molecule has 0 fully saturated rings. The molecule has 31 heavy (non-hydrogen) atoms. The molecule has 0 spiro atoms. The average Bonchev–Trinajstić information content (AvgIpc) is 3.30. The third-order valence-corrected chi connectivity index (χ3v) is 7.84. The van der Waals surface area contributed by atoms with Crippen LogP contribution in [0, 0.1) is 13.8 Å². The van der Waals surface area contributed by atoms with Gasteiger partial charge in [0.25, 0.3) is 5.56 Å². The Morgan fingerprint density at radius 3 is 2.77 bits per heavy atom. The number of carbonyl (C=O) groups is 1. The predicted octanol–water partition coefficient (Wildman–Crippen LogP) is 4.86. The van der Waals surface area contributed by atoms with E-state index in [1.165, 1.54) is 39.0 Å². The fraction of sp³-hybridized carbons (Fsp3) is 0.250. The topological polar surface area (TPSA) is 89.8 Å². The number of benzene rings is 1. The number of thiophene rings is 1. The van der Waals surface area contributed by atoms with Crippen LogP contribution in [0.5, 0.6) is 0 Å². The second-order valence-corrected chi connectivity index (χ2v) is 10.3. The van der Waals surface area contributed by atoms with Gasteiger partial charge in [-0.05, 0) is 44.0 Å². The van der Waals surface area contributed by atoms with Gasteiger partial charge in [0.2, 0.25) is 11.0 Å². The minimum Gasteiger partial charge on any atom is -0.300 e. The zero-order valence-electron chi connectivity index (χ0n) is 16.9. The standard InChI is InChI=1S/C20H18ClN5O2S3/c1-4-15-24-25-19(31-15)22-14(27)9-29-20-23-17-16(10(2)11(3)30-17)18(28)26(20)13-7-5-6-12(21)8-13/h5-8H,4,9H2,1-3H3,(H,22,25,27). The third-order valence-electron chi connectivity index (χ3n) is 4.59. The number of thioether (sulfide) groups is 1. The summed E-state index contributed by atoms with van der Waals surface area (Å²) in [5, 5.41) is 13.6. The molecule has 0 unspecified atom stereocenters. The van der Waals surface area contributed by atoms with Gasteiger partial charge in [0, 0.05) is 9.90 Å². The Bertz CT molecular complexity index is 1340. The summed E-state index contributed by atoms with van der Waals surface area (Å²) < 4.78 is 1.52. The largest absolute Gasteiger partial charge is 0.300 e. The van der Waals surface area contributed by atoms with Crippen molar-refractivity contribution >= 4 is 67.3 Å². The van der Waals surface area contributed by atoms with Crippen molar-refractivity contribution in [2.24, 2.45) is 0 Å². The van der Waals surface area contributed by atoms with Gasteiger partial charge in [-0.1, -0.05) is 47.7 Å². The number of fused-ring (bicyclic) bond motifs is 1. The molecule has 0 radical (unpaired) electrons. The minimum atomic E-state index is -0.241. The van der Waals surface area contributed by atoms with Crippen molar-refractivity contribution in [2.45, 2.75) is 32.3 Å². The fourth-order valence-corrected chi connectivity index (χ4v) is 5.71. The van der Waals surface area contributed by atoms with Gasteiger partial charge >= 0.3 is 0 Å². The highest BCUT2D eigenvalue weighted by Crippen LogP contribution is 2.30. The molecule has 0 atom stereocenters. The zero-order valence-corrected chi connectivity index (χ0v) is 20.1. The van der Waals surface area contributed by atoms with Gasteiger partial charge in [0.15, 0.2) is 5.16 Å². The number of aromatic nitrogens is 4. The maximum absolute atomic E-state index is 13.4. The van der Waals surface area contributed by atoms with Crippen LogP contribution in [0.1, 0.15) is 22.4 Å². The summed E-state index contributed by atoms with van der Waals surface area (Å²) in [7, 11) is 0. The van der Waals surface area contributed by atoms with Crippen molar-refractivity contribution in [1.29, 1.82) is 0 Å². The van der Waals surface area contributed by atoms with Crippen molar-refractivity contribution in [1.82, 2.24) is 19.7 Å². The molecule has 160 valence electrons. The number of amides is 1. The average molecular weight is 492 g/mol. The van der Waals surface area contributed by atoms with E-state index in [-0.39, 0.29) is 17.2 Å². The number of rotatable bonds is 6. The lowest BCUT2D eigenvalue weighted by Gasteiger charge is -2.12. The first-order chi connectivity index (χ1) is 14.9. The molecule has 0 bridgehead atoms. The van der Waals surface area contributed by atoms with E-state index in [0.717, 1.165) is 21.9 Å². The zero-order chi connectivity index (χ0) is 22.1. The Labute approximate surface area is 195 Å². The van der Waals surface area contributed by atoms with Crippen LogP contribution in [0.3, 0.4) is 0 Å². The van der Waals surface area contributed by atoms with E-state index in [4.69, 9.17) is 16.6 Å². The summed E-state index contributed by atoms with van der Waals surface area (Å²) >= 11 is 10.2. The van der Waals surface area contributed by atoms with Crippen LogP contribution >= 0.6 is 46.0 Å². The minimum absolute atomic E-state index is 0.0723. The summed E-state index contributed by atoms with van der Waals surface area (Å²) in [4.78, 5) is 32.3. The van der Waals surface area contributed by atoms with Crippen molar-refractivity contribution in [3.63, 3.8) is 0 Å². The first kappa shape index (κ1) is 21.9. The summed E-state index contributed by atoms with van der Waals surface area (Å²) in [6.07, 6.45) is 0.762. The summed E-state index contributed by atoms with van der Waals surface area (Å²) in [5.41, 5.74) is 1.36. The van der Waals surface area contributed by atoms with Gasteiger partial charge in [-0.15, -0.1) is 21.5 Å². The van der Waals surface area contributed by atoms with E-state index in [1.807, 2.05) is 20.8 Å². The van der Waals surface area contributed by atoms with Crippen molar-refractivity contribution < 1.29 is 4.79 Å². The molecule has 0 aliphatic heterocycles. The first-order valence-electron chi connectivity index (χ1n) is 9.41. The van der Waals surface area contributed by atoms with Crippen LogP contribution in [0.4, 0.5) is 5.13 Å². The normalized spacial score (nSPS) is 11.2. The van der Waals surface area contributed by atoms with Crippen LogP contribution in [0.25, 0.3) is 15.9 Å². The maximum atomic E-state index is 13.4. The van der Waals surface area contributed by atoms with Gasteiger partial charge in [0.05, 0.1) is 16.8 Å². The van der Waals surface area contributed by atoms with Gasteiger partial charge in [-0.3, -0.25) is 19.5 Å². The van der Waals surface area contributed by atoms with Crippen molar-refractivity contribution in [3.8, 4) is 5.69 Å². The maximum Gasteiger partial charge on any atom is 0.267 e. The second-order valence-electron chi connectivity index (χ2n) is 6.67. The van der Waals surface area contributed by atoms with Crippen LogP contribution in [0.2, 0.25) is 5.02 Å². The molecule has 0 saturated carbocycles. The molecular formula is C20H18ClN5O2S3. The Morgan fingerprint density at radius 2 is 2.06 bits per heavy atom. The summed E-state index contributed by atoms with van der Waals surface area (Å²) in [6.45, 7) is 5.87. The number of anilines is 1. The number of aryl methyl sites for hydroxylation is 3. The number of carbonyl (C=O) groups excluding carboxylic acids is 1. The lowest BCUT2D eigenvalue weighted by molar-refractivity contribution is -0.113. The molecule has 3 aromatic heterocycles. The number of nitrogens with zero attached hydrogens (tertiary/aromatic N) is 4. The number of hydrogen-bond acceptors (Lipinski definition) is 8. The van der Waals surface area contributed by atoms with Crippen LogP contribution in [0.15, 0.2) is 34.2 Å². The Balaban J connectivity index is 1.69. The van der Waals surface area contributed by atoms with Gasteiger partial charge in [-0.25, -0.2) is 4.98 Å². The molecule has 3 heterocycles. The third kappa shape index (κ3) is 4.52. The molecular weight excluding hydrogens is 474 g/mol. The number of hydrogen-bond donors (Lipinski definition) is 1. The summed E-state index contributed by atoms with van der Waals surface area (Å²) in [5.74, 6) is -0.169. The van der Waals surface area contributed by atoms with Crippen LogP contribution in [-0.2, 0) is 11.2 Å². The lowest BCUT2D eigenvalue weighted by atomic mass is 10.2. The molecule has 4 aromatic rings. The van der Waals surface area contributed by atoms with E-state index in [2.05, 4.69) is 15.5 Å². The molecule has 0 aliphatic rings. The molecule has 7 nitrogen and oxygen atoms in total. The highest BCUT2D eigenvalue weighted by atomic mass is 35.5. The Hall–Kier alpha value is -2.27. The molecule has 0 saturated heterocycles. The van der Waals surface area contributed by atoms with Crippen LogP contribution < -0.4 is 10.9 Å². The van der Waals surface area contributed by atoms with E-state index in [9.17, 15) is 9.59 Å². The molecule has 11 heteroatoms. The van der Waals surface area contributed by atoms with Gasteiger partial charge < -0.3 is 0 Å². The first-order valence-corrected chi connectivity index (χ1v) is 12.4. The highest BCUT2D eigenvalue weighted by molar-refractivity contribution is 7.99. The lowest BCUT2D eigenvalue weighted by Crippen LogP contribution is -2.22. The Kier molecular flexibility index (Phi) is 6.42. The quantitative estimate of drug-likeness (QED) is 0.306. The second kappa shape index (κ2) is 9.07. The number of nitrogens with one attached hydrogen (secondary N) is 1. The van der Waals surface area contributed by atoms with E-state index >= 15 is 0 Å². The molecule has 0 aliphatic carbocycles. The molecule has 1 amide bonds. The molecule has 1 aromatic carbocycles. The van der Waals surface area contributed by atoms with Gasteiger partial charge in [-0.2, -0.15) is 0 Å². The number of halogens is 1. The van der Waals surface area contributed by atoms with E-state index < -0.39 is 0 Å². The monoisotopic (exact) mass is 491 g/mol.